The lowest BCUT2D eigenvalue weighted by Crippen LogP contribution is -2.06. The zero-order valence-electron chi connectivity index (χ0n) is 11.9. The molecule has 0 aliphatic rings. The molecule has 0 saturated heterocycles. The largest absolute Gasteiger partial charge is 0.339 e. The van der Waals surface area contributed by atoms with E-state index < -0.39 is 11.6 Å². The smallest absolute Gasteiger partial charge is 0.234 e. The van der Waals surface area contributed by atoms with E-state index in [-0.39, 0.29) is 41.8 Å². The lowest BCUT2D eigenvalue weighted by atomic mass is 10.1. The van der Waals surface area contributed by atoms with Crippen LogP contribution in [0.5, 0.6) is 0 Å². The van der Waals surface area contributed by atoms with E-state index in [4.69, 9.17) is 4.52 Å². The fourth-order valence-electron chi connectivity index (χ4n) is 1.97. The van der Waals surface area contributed by atoms with Crippen molar-refractivity contribution in [2.24, 2.45) is 5.92 Å². The molecule has 0 aliphatic heterocycles. The van der Waals surface area contributed by atoms with E-state index in [2.05, 4.69) is 10.1 Å². The topological polar surface area (TPSA) is 56.0 Å². The summed E-state index contributed by atoms with van der Waals surface area (Å²) in [4.78, 5) is 15.7. The van der Waals surface area contributed by atoms with Crippen LogP contribution in [0, 0.1) is 17.6 Å². The third-order valence-corrected chi connectivity index (χ3v) is 2.86. The van der Waals surface area contributed by atoms with Crippen LogP contribution < -0.4 is 0 Å². The van der Waals surface area contributed by atoms with Crippen LogP contribution >= 0.6 is 0 Å². The standard InChI is InChI=1S/C15H16F2N2O2/c1-9(2)5-12(20)8-15-18-14(19-21-15)6-10-3-4-11(16)7-13(10)17/h3-4,7,9H,5-6,8H2,1-2H3. The normalized spacial score (nSPS) is 11.1. The van der Waals surface area contributed by atoms with Crippen molar-refractivity contribution < 1.29 is 18.1 Å². The van der Waals surface area contributed by atoms with Crippen molar-refractivity contribution in [1.29, 1.82) is 0 Å². The summed E-state index contributed by atoms with van der Waals surface area (Å²) in [6.45, 7) is 3.91. The number of nitrogens with zero attached hydrogens (tertiary/aromatic N) is 2. The SMILES string of the molecule is CC(C)CC(=O)Cc1nc(Cc2ccc(F)cc2F)no1. The molecule has 0 spiro atoms. The van der Waals surface area contributed by atoms with Crippen LogP contribution in [0.2, 0.25) is 0 Å². The second-order valence-electron chi connectivity index (χ2n) is 5.33. The van der Waals surface area contributed by atoms with Crippen LogP contribution in [0.15, 0.2) is 22.7 Å². The third-order valence-electron chi connectivity index (χ3n) is 2.86. The summed E-state index contributed by atoms with van der Waals surface area (Å²) in [6, 6.07) is 3.32. The maximum atomic E-state index is 13.5. The van der Waals surface area contributed by atoms with Crippen molar-refractivity contribution in [1.82, 2.24) is 10.1 Å². The quantitative estimate of drug-likeness (QED) is 0.821. The molecule has 0 unspecified atom stereocenters. The lowest BCUT2D eigenvalue weighted by Gasteiger charge is -2.00. The summed E-state index contributed by atoms with van der Waals surface area (Å²) in [5, 5.41) is 3.71. The number of Topliss-reactive ketones (excluding diaryl/α,β-unsaturated/α-hetero) is 1. The molecule has 0 amide bonds. The summed E-state index contributed by atoms with van der Waals surface area (Å²) in [5.74, 6) is -0.506. The second-order valence-corrected chi connectivity index (χ2v) is 5.33. The van der Waals surface area contributed by atoms with Crippen molar-refractivity contribution in [3.05, 3.63) is 47.1 Å². The Balaban J connectivity index is 2.01. The van der Waals surface area contributed by atoms with Gasteiger partial charge in [-0.1, -0.05) is 25.1 Å². The summed E-state index contributed by atoms with van der Waals surface area (Å²) >= 11 is 0. The van der Waals surface area contributed by atoms with E-state index in [1.54, 1.807) is 0 Å². The maximum absolute atomic E-state index is 13.5. The molecule has 2 aromatic rings. The van der Waals surface area contributed by atoms with Gasteiger partial charge in [-0.3, -0.25) is 4.79 Å². The molecule has 4 nitrogen and oxygen atoms in total. The van der Waals surface area contributed by atoms with Crippen LogP contribution in [-0.2, 0) is 17.6 Å². The van der Waals surface area contributed by atoms with Crippen molar-refractivity contribution in [2.45, 2.75) is 33.1 Å². The average molecular weight is 294 g/mol. The van der Waals surface area contributed by atoms with Crippen LogP contribution in [0.25, 0.3) is 0 Å². The van der Waals surface area contributed by atoms with Crippen LogP contribution in [-0.4, -0.2) is 15.9 Å². The summed E-state index contributed by atoms with van der Waals surface area (Å²) in [6.07, 6.45) is 0.620. The first-order valence-electron chi connectivity index (χ1n) is 6.71. The number of hydrogen-bond acceptors (Lipinski definition) is 4. The van der Waals surface area contributed by atoms with Gasteiger partial charge < -0.3 is 4.52 Å². The molecule has 0 bridgehead atoms. The number of aromatic nitrogens is 2. The number of hydrogen-bond donors (Lipinski definition) is 0. The minimum Gasteiger partial charge on any atom is -0.339 e. The highest BCUT2D eigenvalue weighted by Crippen LogP contribution is 2.14. The van der Waals surface area contributed by atoms with Gasteiger partial charge in [-0.15, -0.1) is 0 Å². The molecule has 1 heterocycles. The van der Waals surface area contributed by atoms with Gasteiger partial charge in [-0.05, 0) is 17.5 Å². The monoisotopic (exact) mass is 294 g/mol. The average Bonchev–Trinajstić information content (AvgIpc) is 2.79. The Morgan fingerprint density at radius 3 is 2.76 bits per heavy atom. The number of carbonyl (C=O) groups is 1. The van der Waals surface area contributed by atoms with Gasteiger partial charge in [0, 0.05) is 18.9 Å². The van der Waals surface area contributed by atoms with Crippen molar-refractivity contribution in [2.75, 3.05) is 0 Å². The van der Waals surface area contributed by atoms with Crippen molar-refractivity contribution >= 4 is 5.78 Å². The molecule has 112 valence electrons. The second kappa shape index (κ2) is 6.56. The maximum Gasteiger partial charge on any atom is 0.234 e. The molecular formula is C15H16F2N2O2. The molecule has 0 atom stereocenters. The first kappa shape index (κ1) is 15.3. The zero-order chi connectivity index (χ0) is 15.4. The van der Waals surface area contributed by atoms with Gasteiger partial charge in [0.2, 0.25) is 5.89 Å². The van der Waals surface area contributed by atoms with Crippen LogP contribution in [0.1, 0.15) is 37.5 Å². The Labute approximate surface area is 121 Å². The first-order chi connectivity index (χ1) is 9.94. The minimum absolute atomic E-state index is 0.0214. The van der Waals surface area contributed by atoms with E-state index >= 15 is 0 Å². The number of carbonyl (C=O) groups excluding carboxylic acids is 1. The minimum atomic E-state index is -0.655. The highest BCUT2D eigenvalue weighted by molar-refractivity contribution is 5.80. The molecular weight excluding hydrogens is 278 g/mol. The van der Waals surface area contributed by atoms with Crippen LogP contribution in [0.3, 0.4) is 0 Å². The summed E-state index contributed by atoms with van der Waals surface area (Å²) in [5.41, 5.74) is 0.275. The molecule has 0 aliphatic carbocycles. The fraction of sp³-hybridized carbons (Fsp3) is 0.400. The van der Waals surface area contributed by atoms with Gasteiger partial charge >= 0.3 is 0 Å². The Kier molecular flexibility index (Phi) is 4.77. The van der Waals surface area contributed by atoms with E-state index in [0.29, 0.717) is 6.42 Å². The third kappa shape index (κ3) is 4.44. The summed E-state index contributed by atoms with van der Waals surface area (Å²) in [7, 11) is 0. The molecule has 0 fully saturated rings. The molecule has 1 aromatic heterocycles. The van der Waals surface area contributed by atoms with E-state index in [1.807, 2.05) is 13.8 Å². The Morgan fingerprint density at radius 2 is 2.10 bits per heavy atom. The van der Waals surface area contributed by atoms with E-state index in [9.17, 15) is 13.6 Å². The predicted molar refractivity (Wildman–Crippen MR) is 71.6 cm³/mol. The molecule has 21 heavy (non-hydrogen) atoms. The van der Waals surface area contributed by atoms with Crippen LogP contribution in [0.4, 0.5) is 8.78 Å². The number of benzene rings is 1. The predicted octanol–water partition coefficient (Wildman–Crippen LogP) is 3.10. The van der Waals surface area contributed by atoms with Gasteiger partial charge in [-0.25, -0.2) is 8.78 Å². The van der Waals surface area contributed by atoms with E-state index in [1.165, 1.54) is 12.1 Å². The number of rotatable bonds is 6. The number of halogens is 2. The molecule has 0 N–H and O–H groups in total. The van der Waals surface area contributed by atoms with Crippen molar-refractivity contribution in [3.8, 4) is 0 Å². The van der Waals surface area contributed by atoms with Gasteiger partial charge in [0.25, 0.3) is 0 Å². The van der Waals surface area contributed by atoms with Crippen molar-refractivity contribution in [3.63, 3.8) is 0 Å². The highest BCUT2D eigenvalue weighted by atomic mass is 19.1. The Morgan fingerprint density at radius 1 is 1.33 bits per heavy atom. The van der Waals surface area contributed by atoms with Gasteiger partial charge in [0.15, 0.2) is 5.82 Å². The lowest BCUT2D eigenvalue weighted by molar-refractivity contribution is -0.119. The molecule has 1 aromatic carbocycles. The van der Waals surface area contributed by atoms with Gasteiger partial charge in [0.05, 0.1) is 6.42 Å². The molecule has 0 radical (unpaired) electrons. The molecule has 2 rings (SSSR count). The molecule has 0 saturated carbocycles. The van der Waals surface area contributed by atoms with Gasteiger partial charge in [0.1, 0.15) is 17.4 Å². The first-order valence-corrected chi connectivity index (χ1v) is 6.71. The fourth-order valence-corrected chi connectivity index (χ4v) is 1.97. The summed E-state index contributed by atoms with van der Waals surface area (Å²) < 4.78 is 31.3. The van der Waals surface area contributed by atoms with Gasteiger partial charge in [-0.2, -0.15) is 4.98 Å². The highest BCUT2D eigenvalue weighted by Gasteiger charge is 2.14. The molecule has 6 heteroatoms. The zero-order valence-corrected chi connectivity index (χ0v) is 11.9. The Bertz CT molecular complexity index is 638. The Hall–Kier alpha value is -2.11. The van der Waals surface area contributed by atoms with E-state index in [0.717, 1.165) is 6.07 Å². The number of ketones is 1.